The summed E-state index contributed by atoms with van der Waals surface area (Å²) in [6.45, 7) is 1.72. The van der Waals surface area contributed by atoms with Gasteiger partial charge in [0.05, 0.1) is 39.3 Å². The van der Waals surface area contributed by atoms with Crippen molar-refractivity contribution in [2.45, 2.75) is 18.6 Å². The fourth-order valence-corrected chi connectivity index (χ4v) is 5.28. The summed E-state index contributed by atoms with van der Waals surface area (Å²) in [6.07, 6.45) is 5.49. The van der Waals surface area contributed by atoms with Gasteiger partial charge in [-0.05, 0) is 49.4 Å². The van der Waals surface area contributed by atoms with Gasteiger partial charge in [0.25, 0.3) is 0 Å². The number of methoxy groups -OCH3 is 1. The minimum absolute atomic E-state index is 0.0565. The fraction of sp³-hybridized carbons (Fsp3) is 0.308. The first-order valence-corrected chi connectivity index (χ1v) is 12.7. The van der Waals surface area contributed by atoms with Crippen LogP contribution in [0.2, 0.25) is 0 Å². The lowest BCUT2D eigenvalue weighted by Gasteiger charge is -2.36. The summed E-state index contributed by atoms with van der Waals surface area (Å²) in [6, 6.07) is 10.0. The molecule has 1 fully saturated rings. The number of fused-ring (bicyclic) bond motifs is 2. The molecule has 0 bridgehead atoms. The van der Waals surface area contributed by atoms with E-state index < -0.39 is 0 Å². The smallest absolute Gasteiger partial charge is 0.145 e. The van der Waals surface area contributed by atoms with Crippen molar-refractivity contribution >= 4 is 55.7 Å². The number of aromatic nitrogens is 3. The molecule has 1 aliphatic rings. The van der Waals surface area contributed by atoms with Crippen molar-refractivity contribution < 1.29 is 14.8 Å². The first-order valence-electron chi connectivity index (χ1n) is 11.9. The van der Waals surface area contributed by atoms with Gasteiger partial charge in [0.1, 0.15) is 36.3 Å². The monoisotopic (exact) mass is 504 g/mol. The average molecular weight is 505 g/mol. The third-order valence-electron chi connectivity index (χ3n) is 6.41. The number of hydrogen-bond acceptors (Lipinski definition) is 9. The maximum Gasteiger partial charge on any atom is 0.145 e. The Labute approximate surface area is 213 Å². The van der Waals surface area contributed by atoms with Crippen molar-refractivity contribution in [3.63, 3.8) is 0 Å². The second-order valence-corrected chi connectivity index (χ2v) is 9.72. The molecular weight excluding hydrogens is 474 g/mol. The lowest BCUT2D eigenvalue weighted by molar-refractivity contribution is -0.555. The van der Waals surface area contributed by atoms with Gasteiger partial charge in [0, 0.05) is 32.1 Å². The number of nitrogens with one attached hydrogen (secondary N) is 2. The number of hydrogen-bond donors (Lipinski definition) is 3. The van der Waals surface area contributed by atoms with E-state index >= 15 is 0 Å². The summed E-state index contributed by atoms with van der Waals surface area (Å²) >= 11 is 1.60. The van der Waals surface area contributed by atoms with Crippen molar-refractivity contribution in [1.82, 2.24) is 19.9 Å². The molecule has 10 heteroatoms. The molecule has 0 saturated carbocycles. The van der Waals surface area contributed by atoms with E-state index in [4.69, 9.17) is 14.9 Å². The number of nitrogens with zero attached hydrogens (tertiary/aromatic N) is 4. The molecule has 0 spiro atoms. The Kier molecular flexibility index (Phi) is 7.19. The van der Waals surface area contributed by atoms with Crippen LogP contribution in [0, 0.1) is 5.41 Å². The van der Waals surface area contributed by atoms with Crippen molar-refractivity contribution in [3.8, 4) is 5.75 Å². The molecule has 4 N–H and O–H groups in total. The van der Waals surface area contributed by atoms with E-state index in [1.54, 1.807) is 24.8 Å². The zero-order valence-corrected chi connectivity index (χ0v) is 21.4. The van der Waals surface area contributed by atoms with Gasteiger partial charge in [-0.25, -0.2) is 15.0 Å². The Morgan fingerprint density at radius 2 is 2.08 bits per heavy atom. The van der Waals surface area contributed by atoms with Gasteiger partial charge < -0.3 is 30.4 Å². The number of likely N-dealkylation sites (tertiary alicyclic amines) is 1. The SMILES string of the molecule is C[NH2+]/C=C(\C=N)c1cc(O[C@@H]2CCN(C)C[C@H]2OC)c2c(Nc3ccc4ncsc4c3)ncnc2c1. The highest BCUT2D eigenvalue weighted by Gasteiger charge is 2.30. The Morgan fingerprint density at radius 1 is 1.19 bits per heavy atom. The van der Waals surface area contributed by atoms with Crippen LogP contribution in [0.4, 0.5) is 11.5 Å². The molecule has 0 unspecified atom stereocenters. The summed E-state index contributed by atoms with van der Waals surface area (Å²) in [5.74, 6) is 1.33. The normalized spacial score (nSPS) is 19.0. The standard InChI is InChI=1S/C26H29N7O2S/c1-28-12-17(11-27)16-8-20-25(22(9-16)35-21-6-7-33(2)13-23(21)34-3)26(30-14-29-20)32-18-4-5-19-24(10-18)36-15-31-19/h4-5,8-12,14-15,21,23,27-28H,6-7,13H2,1-3H3,(H,29,30,32)/p+1/b17-12+,27-11?/t21-,23-/m1/s1. The van der Waals surface area contributed by atoms with Gasteiger partial charge in [-0.3, -0.25) is 0 Å². The highest BCUT2D eigenvalue weighted by Crippen LogP contribution is 2.36. The number of thiazole rings is 1. The predicted molar refractivity (Wildman–Crippen MR) is 144 cm³/mol. The second kappa shape index (κ2) is 10.7. The topological polar surface area (TPSA) is 113 Å². The molecule has 1 saturated heterocycles. The van der Waals surface area contributed by atoms with Gasteiger partial charge in [-0.2, -0.15) is 0 Å². The molecule has 186 valence electrons. The predicted octanol–water partition coefficient (Wildman–Crippen LogP) is 3.26. The maximum absolute atomic E-state index is 7.93. The molecule has 0 amide bonds. The highest BCUT2D eigenvalue weighted by atomic mass is 32.1. The number of rotatable bonds is 8. The molecule has 0 aliphatic carbocycles. The van der Waals surface area contributed by atoms with Crippen LogP contribution >= 0.6 is 11.3 Å². The van der Waals surface area contributed by atoms with Crippen LogP contribution in [0.15, 0.2) is 48.4 Å². The lowest BCUT2D eigenvalue weighted by atomic mass is 10.0. The number of anilines is 2. The minimum atomic E-state index is -0.114. The van der Waals surface area contributed by atoms with Crippen LogP contribution in [-0.4, -0.2) is 72.6 Å². The number of quaternary nitrogens is 1. The van der Waals surface area contributed by atoms with Crippen LogP contribution in [0.25, 0.3) is 26.7 Å². The van der Waals surface area contributed by atoms with Gasteiger partial charge in [-0.15, -0.1) is 11.3 Å². The number of benzene rings is 2. The molecule has 9 nitrogen and oxygen atoms in total. The molecule has 2 atom stereocenters. The van der Waals surface area contributed by atoms with Crippen molar-refractivity contribution in [2.75, 3.05) is 39.6 Å². The maximum atomic E-state index is 7.93. The number of piperidine rings is 1. The molecule has 0 radical (unpaired) electrons. The van der Waals surface area contributed by atoms with E-state index in [2.05, 4.69) is 38.3 Å². The van der Waals surface area contributed by atoms with Crippen LogP contribution in [-0.2, 0) is 4.74 Å². The van der Waals surface area contributed by atoms with Crippen LogP contribution < -0.4 is 15.4 Å². The Bertz CT molecular complexity index is 1420. The summed E-state index contributed by atoms with van der Waals surface area (Å²) in [4.78, 5) is 15.8. The van der Waals surface area contributed by atoms with Crippen molar-refractivity contribution in [3.05, 3.63) is 53.9 Å². The Morgan fingerprint density at radius 3 is 2.89 bits per heavy atom. The van der Waals surface area contributed by atoms with E-state index in [1.807, 2.05) is 48.3 Å². The molecule has 2 aromatic heterocycles. The summed E-state index contributed by atoms with van der Waals surface area (Å²) in [7, 11) is 5.76. The zero-order valence-electron chi connectivity index (χ0n) is 20.6. The van der Waals surface area contributed by atoms with Crippen molar-refractivity contribution in [1.29, 1.82) is 5.41 Å². The second-order valence-electron chi connectivity index (χ2n) is 8.83. The van der Waals surface area contributed by atoms with E-state index in [1.165, 1.54) is 6.21 Å². The highest BCUT2D eigenvalue weighted by molar-refractivity contribution is 7.16. The summed E-state index contributed by atoms with van der Waals surface area (Å²) in [5.41, 5.74) is 6.11. The van der Waals surface area contributed by atoms with E-state index in [0.717, 1.165) is 57.5 Å². The van der Waals surface area contributed by atoms with Gasteiger partial charge in [0.15, 0.2) is 0 Å². The van der Waals surface area contributed by atoms with Crippen LogP contribution in [0.5, 0.6) is 5.75 Å². The number of allylic oxidation sites excluding steroid dienone is 1. The van der Waals surface area contributed by atoms with Gasteiger partial charge in [0.2, 0.25) is 0 Å². The zero-order chi connectivity index (χ0) is 25.1. The molecule has 36 heavy (non-hydrogen) atoms. The third kappa shape index (κ3) is 4.93. The third-order valence-corrected chi connectivity index (χ3v) is 7.21. The fourth-order valence-electron chi connectivity index (χ4n) is 4.56. The van der Waals surface area contributed by atoms with E-state index in [-0.39, 0.29) is 12.2 Å². The molecule has 5 rings (SSSR count). The van der Waals surface area contributed by atoms with Crippen molar-refractivity contribution in [2.24, 2.45) is 0 Å². The van der Waals surface area contributed by atoms with E-state index in [0.29, 0.717) is 11.6 Å². The molecule has 1 aliphatic heterocycles. The molecule has 4 aromatic rings. The van der Waals surface area contributed by atoms with E-state index in [9.17, 15) is 0 Å². The largest absolute Gasteiger partial charge is 0.487 e. The number of likely N-dealkylation sites (N-methyl/N-ethyl adjacent to an activating group) is 1. The average Bonchev–Trinajstić information content (AvgIpc) is 3.36. The quantitative estimate of drug-likeness (QED) is 0.316. The minimum Gasteiger partial charge on any atom is -0.487 e. The van der Waals surface area contributed by atoms with Gasteiger partial charge in [-0.1, -0.05) is 0 Å². The number of nitrogens with two attached hydrogens (primary N) is 1. The van der Waals surface area contributed by atoms with Gasteiger partial charge >= 0.3 is 0 Å². The lowest BCUT2D eigenvalue weighted by Crippen LogP contribution is -2.72. The summed E-state index contributed by atoms with van der Waals surface area (Å²) < 4.78 is 13.6. The Hall–Kier alpha value is -3.44. The molecule has 3 heterocycles. The van der Waals surface area contributed by atoms with Crippen LogP contribution in [0.1, 0.15) is 12.0 Å². The summed E-state index contributed by atoms with van der Waals surface area (Å²) in [5, 5.41) is 14.1. The molecular formula is C26H30N7O2S+. The molecule has 2 aromatic carbocycles. The first kappa shape index (κ1) is 24.3. The first-order chi connectivity index (χ1) is 17.6. The Balaban J connectivity index is 1.61. The number of ether oxygens (including phenoxy) is 2. The van der Waals surface area contributed by atoms with Crippen LogP contribution in [0.3, 0.4) is 0 Å².